The first-order valence-corrected chi connectivity index (χ1v) is 7.26. The van der Waals surface area contributed by atoms with Gasteiger partial charge in [0.2, 0.25) is 5.91 Å². The van der Waals surface area contributed by atoms with Crippen LogP contribution < -0.4 is 5.73 Å². The van der Waals surface area contributed by atoms with Crippen LogP contribution in [0.4, 0.5) is 0 Å². The summed E-state index contributed by atoms with van der Waals surface area (Å²) in [5, 5.41) is 2.36. The van der Waals surface area contributed by atoms with Crippen LogP contribution in [0.1, 0.15) is 18.4 Å². The molecule has 1 fully saturated rings. The highest BCUT2D eigenvalue weighted by molar-refractivity contribution is 5.90. The highest BCUT2D eigenvalue weighted by Crippen LogP contribution is 2.22. The molecule has 1 heterocycles. The van der Waals surface area contributed by atoms with Crippen LogP contribution >= 0.6 is 12.4 Å². The van der Waals surface area contributed by atoms with Gasteiger partial charge < -0.3 is 10.6 Å². The lowest BCUT2D eigenvalue weighted by Gasteiger charge is -2.23. The third kappa shape index (κ3) is 3.20. The van der Waals surface area contributed by atoms with Crippen LogP contribution in [0.15, 0.2) is 42.5 Å². The van der Waals surface area contributed by atoms with E-state index in [4.69, 9.17) is 5.73 Å². The van der Waals surface area contributed by atoms with Crippen LogP contribution in [0.3, 0.4) is 0 Å². The molecule has 0 aromatic heterocycles. The van der Waals surface area contributed by atoms with Gasteiger partial charge in [-0.3, -0.25) is 4.79 Å². The number of carbonyl (C=O) groups is 1. The smallest absolute Gasteiger partial charge is 0.227 e. The van der Waals surface area contributed by atoms with Gasteiger partial charge in [-0.05, 0) is 29.2 Å². The van der Waals surface area contributed by atoms with Crippen LogP contribution in [-0.4, -0.2) is 29.9 Å². The van der Waals surface area contributed by atoms with Gasteiger partial charge >= 0.3 is 0 Å². The summed E-state index contributed by atoms with van der Waals surface area (Å²) in [4.78, 5) is 14.5. The summed E-state index contributed by atoms with van der Waals surface area (Å²) in [6.45, 7) is 1.42. The van der Waals surface area contributed by atoms with Crippen LogP contribution in [0, 0.1) is 0 Å². The zero-order valence-electron chi connectivity index (χ0n) is 12.0. The van der Waals surface area contributed by atoms with Gasteiger partial charge in [-0.25, -0.2) is 0 Å². The second kappa shape index (κ2) is 6.92. The van der Waals surface area contributed by atoms with Crippen LogP contribution in [0.2, 0.25) is 0 Å². The first-order valence-electron chi connectivity index (χ1n) is 7.26. The number of hydrogen-bond acceptors (Lipinski definition) is 2. The van der Waals surface area contributed by atoms with Crippen molar-refractivity contribution in [3.63, 3.8) is 0 Å². The molecule has 2 aromatic carbocycles. The van der Waals surface area contributed by atoms with Crippen molar-refractivity contribution in [2.75, 3.05) is 13.1 Å². The molecule has 0 spiro atoms. The lowest BCUT2D eigenvalue weighted by molar-refractivity contribution is -0.131. The number of nitrogens with two attached hydrogens (primary N) is 1. The Hall–Kier alpha value is -1.58. The molecular weight excluding hydrogens is 284 g/mol. The molecule has 4 heteroatoms. The number of carbonyl (C=O) groups excluding carboxylic acids is 1. The van der Waals surface area contributed by atoms with Crippen molar-refractivity contribution in [1.29, 1.82) is 0 Å². The number of likely N-dealkylation sites (tertiary alicyclic amines) is 1. The third-order valence-corrected chi connectivity index (χ3v) is 4.19. The molecule has 1 atom stereocenters. The molecule has 2 N–H and O–H groups in total. The Bertz CT molecular complexity index is 624. The fourth-order valence-electron chi connectivity index (χ4n) is 3.12. The van der Waals surface area contributed by atoms with Gasteiger partial charge in [-0.2, -0.15) is 0 Å². The molecule has 0 radical (unpaired) electrons. The van der Waals surface area contributed by atoms with Crippen molar-refractivity contribution in [2.24, 2.45) is 5.73 Å². The van der Waals surface area contributed by atoms with E-state index in [1.54, 1.807) is 0 Å². The second-order valence-electron chi connectivity index (χ2n) is 5.43. The zero-order chi connectivity index (χ0) is 13.9. The summed E-state index contributed by atoms with van der Waals surface area (Å²) >= 11 is 0. The highest BCUT2D eigenvalue weighted by atomic mass is 35.5. The number of rotatable bonds is 3. The Labute approximate surface area is 131 Å². The first-order chi connectivity index (χ1) is 9.79. The summed E-state index contributed by atoms with van der Waals surface area (Å²) in [6.07, 6.45) is 2.58. The minimum absolute atomic E-state index is 0. The molecule has 2 aromatic rings. The third-order valence-electron chi connectivity index (χ3n) is 4.19. The van der Waals surface area contributed by atoms with E-state index in [-0.39, 0.29) is 24.4 Å². The van der Waals surface area contributed by atoms with E-state index in [0.29, 0.717) is 13.0 Å². The summed E-state index contributed by atoms with van der Waals surface area (Å²) in [5.74, 6) is 0.203. The van der Waals surface area contributed by atoms with E-state index in [1.807, 2.05) is 29.2 Å². The van der Waals surface area contributed by atoms with E-state index in [1.165, 1.54) is 10.8 Å². The maximum absolute atomic E-state index is 12.5. The lowest BCUT2D eigenvalue weighted by Crippen LogP contribution is -2.40. The lowest BCUT2D eigenvalue weighted by atomic mass is 10.0. The van der Waals surface area contributed by atoms with Gasteiger partial charge in [0.15, 0.2) is 0 Å². The predicted molar refractivity (Wildman–Crippen MR) is 88.7 cm³/mol. The minimum Gasteiger partial charge on any atom is -0.338 e. The van der Waals surface area contributed by atoms with Gasteiger partial charge in [0, 0.05) is 19.1 Å². The topological polar surface area (TPSA) is 46.3 Å². The number of amides is 1. The molecular formula is C17H21ClN2O. The molecule has 3 nitrogen and oxygen atoms in total. The average molecular weight is 305 g/mol. The normalized spacial score (nSPS) is 17.8. The Kier molecular flexibility index (Phi) is 5.21. The Morgan fingerprint density at radius 2 is 1.95 bits per heavy atom. The Balaban J connectivity index is 0.00000161. The van der Waals surface area contributed by atoms with Crippen molar-refractivity contribution in [1.82, 2.24) is 4.90 Å². The quantitative estimate of drug-likeness (QED) is 0.948. The summed E-state index contributed by atoms with van der Waals surface area (Å²) < 4.78 is 0. The maximum Gasteiger partial charge on any atom is 0.227 e. The molecule has 3 rings (SSSR count). The molecule has 0 aliphatic carbocycles. The second-order valence-corrected chi connectivity index (χ2v) is 5.43. The number of halogens is 1. The van der Waals surface area contributed by atoms with Crippen molar-refractivity contribution >= 4 is 29.1 Å². The Morgan fingerprint density at radius 1 is 1.19 bits per heavy atom. The maximum atomic E-state index is 12.5. The highest BCUT2D eigenvalue weighted by Gasteiger charge is 2.27. The average Bonchev–Trinajstić information content (AvgIpc) is 2.96. The molecule has 0 saturated carbocycles. The molecule has 1 saturated heterocycles. The van der Waals surface area contributed by atoms with E-state index < -0.39 is 0 Å². The van der Waals surface area contributed by atoms with Crippen LogP contribution in [0.25, 0.3) is 10.8 Å². The van der Waals surface area contributed by atoms with E-state index >= 15 is 0 Å². The fourth-order valence-corrected chi connectivity index (χ4v) is 3.12. The molecule has 1 aliphatic rings. The summed E-state index contributed by atoms with van der Waals surface area (Å²) in [6, 6.07) is 14.6. The van der Waals surface area contributed by atoms with Gasteiger partial charge in [0.25, 0.3) is 0 Å². The minimum atomic E-state index is 0. The van der Waals surface area contributed by atoms with E-state index in [2.05, 4.69) is 18.2 Å². The number of fused-ring (bicyclic) bond motifs is 1. The van der Waals surface area contributed by atoms with Gasteiger partial charge in [0.1, 0.15) is 0 Å². The van der Waals surface area contributed by atoms with Gasteiger partial charge in [-0.15, -0.1) is 12.4 Å². The molecule has 21 heavy (non-hydrogen) atoms. The standard InChI is InChI=1S/C17H20N2O.ClH/c18-12-15-8-4-10-19(15)17(20)11-14-7-3-6-13-5-1-2-9-16(13)14;/h1-3,5-7,9,15H,4,8,10-12,18H2;1H. The predicted octanol–water partition coefficient (Wildman–Crippen LogP) is 2.75. The number of benzene rings is 2. The molecule has 1 aliphatic heterocycles. The van der Waals surface area contributed by atoms with Crippen LogP contribution in [-0.2, 0) is 11.2 Å². The molecule has 1 amide bonds. The van der Waals surface area contributed by atoms with Gasteiger partial charge in [0.05, 0.1) is 6.42 Å². The SMILES string of the molecule is Cl.NCC1CCCN1C(=O)Cc1cccc2ccccc12. The molecule has 1 unspecified atom stereocenters. The monoisotopic (exact) mass is 304 g/mol. The summed E-state index contributed by atoms with van der Waals surface area (Å²) in [7, 11) is 0. The molecule has 0 bridgehead atoms. The summed E-state index contributed by atoms with van der Waals surface area (Å²) in [5.41, 5.74) is 6.86. The van der Waals surface area contributed by atoms with Gasteiger partial charge in [-0.1, -0.05) is 42.5 Å². The molecule has 112 valence electrons. The Morgan fingerprint density at radius 3 is 2.76 bits per heavy atom. The fraction of sp³-hybridized carbons (Fsp3) is 0.353. The zero-order valence-corrected chi connectivity index (χ0v) is 12.8. The largest absolute Gasteiger partial charge is 0.338 e. The van der Waals surface area contributed by atoms with Crippen LogP contribution in [0.5, 0.6) is 0 Å². The van der Waals surface area contributed by atoms with E-state index in [9.17, 15) is 4.79 Å². The van der Waals surface area contributed by atoms with Crippen molar-refractivity contribution < 1.29 is 4.79 Å². The number of hydrogen-bond donors (Lipinski definition) is 1. The van der Waals surface area contributed by atoms with Crippen molar-refractivity contribution in [2.45, 2.75) is 25.3 Å². The first kappa shape index (κ1) is 15.8. The van der Waals surface area contributed by atoms with Crippen molar-refractivity contribution in [3.05, 3.63) is 48.0 Å². The van der Waals surface area contributed by atoms with E-state index in [0.717, 1.165) is 24.9 Å². The number of nitrogens with zero attached hydrogens (tertiary/aromatic N) is 1. The van der Waals surface area contributed by atoms with Crippen molar-refractivity contribution in [3.8, 4) is 0 Å².